The summed E-state index contributed by atoms with van der Waals surface area (Å²) in [6, 6.07) is 15.1. The third-order valence-electron chi connectivity index (χ3n) is 3.17. The van der Waals surface area contributed by atoms with Crippen molar-refractivity contribution in [1.82, 2.24) is 9.97 Å². The number of benzene rings is 2. The molecule has 0 unspecified atom stereocenters. The van der Waals surface area contributed by atoms with Crippen LogP contribution in [0, 0.1) is 6.92 Å². The fraction of sp³-hybridized carbons (Fsp3) is 0.0588. The molecule has 0 saturated carbocycles. The number of nitrogens with zero attached hydrogens (tertiary/aromatic N) is 1. The summed E-state index contributed by atoms with van der Waals surface area (Å²) in [5.41, 5.74) is 2.56. The molecule has 0 aliphatic rings. The van der Waals surface area contributed by atoms with Crippen LogP contribution in [0.15, 0.2) is 53.3 Å². The molecule has 4 heteroatoms. The van der Waals surface area contributed by atoms with Crippen LogP contribution in [-0.2, 0) is 0 Å². The Hall–Kier alpha value is -2.39. The van der Waals surface area contributed by atoms with Crippen molar-refractivity contribution in [2.24, 2.45) is 0 Å². The van der Waals surface area contributed by atoms with Gasteiger partial charge in [0.05, 0.1) is 15.9 Å². The second-order valence-corrected chi connectivity index (χ2v) is 5.25. The summed E-state index contributed by atoms with van der Waals surface area (Å²) in [7, 11) is 0. The van der Waals surface area contributed by atoms with Gasteiger partial charge in [-0.05, 0) is 30.7 Å². The van der Waals surface area contributed by atoms with E-state index in [4.69, 9.17) is 11.6 Å². The molecule has 0 radical (unpaired) electrons. The first-order valence-corrected chi connectivity index (χ1v) is 6.94. The monoisotopic (exact) mass is 296 g/mol. The van der Waals surface area contributed by atoms with Crippen LogP contribution in [0.3, 0.4) is 0 Å². The van der Waals surface area contributed by atoms with E-state index in [1.807, 2.05) is 43.3 Å². The van der Waals surface area contributed by atoms with E-state index < -0.39 is 0 Å². The van der Waals surface area contributed by atoms with Gasteiger partial charge in [0.25, 0.3) is 5.56 Å². The maximum absolute atomic E-state index is 12.0. The van der Waals surface area contributed by atoms with Crippen LogP contribution < -0.4 is 5.56 Å². The quantitative estimate of drug-likeness (QED) is 0.778. The molecule has 0 saturated heterocycles. The zero-order valence-electron chi connectivity index (χ0n) is 11.4. The zero-order chi connectivity index (χ0) is 14.8. The van der Waals surface area contributed by atoms with Crippen molar-refractivity contribution < 1.29 is 0 Å². The summed E-state index contributed by atoms with van der Waals surface area (Å²) in [6.07, 6.45) is 1.79. The summed E-state index contributed by atoms with van der Waals surface area (Å²) < 4.78 is 0. The first kappa shape index (κ1) is 13.6. The van der Waals surface area contributed by atoms with Crippen LogP contribution in [0.1, 0.15) is 17.0 Å². The summed E-state index contributed by atoms with van der Waals surface area (Å²) >= 11 is 6.29. The summed E-state index contributed by atoms with van der Waals surface area (Å²) in [5, 5.41) is 0.963. The Morgan fingerprint density at radius 1 is 1.19 bits per heavy atom. The van der Waals surface area contributed by atoms with E-state index in [2.05, 4.69) is 9.97 Å². The van der Waals surface area contributed by atoms with Gasteiger partial charge in [-0.1, -0.05) is 53.6 Å². The largest absolute Gasteiger partial charge is 0.305 e. The van der Waals surface area contributed by atoms with Crippen LogP contribution in [-0.4, -0.2) is 9.97 Å². The van der Waals surface area contributed by atoms with E-state index in [0.29, 0.717) is 21.8 Å². The number of aromatic nitrogens is 2. The van der Waals surface area contributed by atoms with E-state index in [0.717, 1.165) is 11.1 Å². The van der Waals surface area contributed by atoms with Gasteiger partial charge in [0.15, 0.2) is 5.82 Å². The normalized spacial score (nSPS) is 11.8. The molecule has 0 amide bonds. The maximum Gasteiger partial charge on any atom is 0.259 e. The topological polar surface area (TPSA) is 45.8 Å². The number of halogens is 1. The number of H-pyrrole nitrogens is 1. The SMILES string of the molecule is Cc1cccc(/C=C(\Cl)c2nc3ccccc3c(=O)[nH]2)c1. The highest BCUT2D eigenvalue weighted by molar-refractivity contribution is 6.50. The molecule has 1 aromatic heterocycles. The molecule has 0 fully saturated rings. The highest BCUT2D eigenvalue weighted by atomic mass is 35.5. The average molecular weight is 297 g/mol. The smallest absolute Gasteiger partial charge is 0.259 e. The minimum Gasteiger partial charge on any atom is -0.305 e. The number of nitrogens with one attached hydrogen (secondary N) is 1. The van der Waals surface area contributed by atoms with Crippen molar-refractivity contribution >= 4 is 33.6 Å². The molecule has 0 aliphatic carbocycles. The number of aryl methyl sites for hydroxylation is 1. The minimum atomic E-state index is -0.189. The molecule has 104 valence electrons. The Morgan fingerprint density at radius 3 is 2.81 bits per heavy atom. The number of aromatic amines is 1. The molecular formula is C17H13ClN2O. The van der Waals surface area contributed by atoms with Crippen molar-refractivity contribution in [2.45, 2.75) is 6.92 Å². The van der Waals surface area contributed by atoms with E-state index in [9.17, 15) is 4.79 Å². The highest BCUT2D eigenvalue weighted by Crippen LogP contribution is 2.20. The molecule has 3 rings (SSSR count). The van der Waals surface area contributed by atoms with Crippen LogP contribution in [0.5, 0.6) is 0 Å². The minimum absolute atomic E-state index is 0.189. The lowest BCUT2D eigenvalue weighted by Crippen LogP contribution is -2.10. The molecule has 0 atom stereocenters. The van der Waals surface area contributed by atoms with Gasteiger partial charge >= 0.3 is 0 Å². The lowest BCUT2D eigenvalue weighted by molar-refractivity contribution is 1.14. The van der Waals surface area contributed by atoms with Crippen LogP contribution in [0.4, 0.5) is 0 Å². The fourth-order valence-electron chi connectivity index (χ4n) is 2.17. The highest BCUT2D eigenvalue weighted by Gasteiger charge is 2.06. The van der Waals surface area contributed by atoms with Gasteiger partial charge in [-0.15, -0.1) is 0 Å². The molecule has 0 bridgehead atoms. The standard InChI is InChI=1S/C17H13ClN2O/c1-11-5-4-6-12(9-11)10-14(18)16-19-15-8-3-2-7-13(15)17(21)20-16/h2-10H,1H3,(H,19,20,21)/b14-10-. The molecule has 1 heterocycles. The van der Waals surface area contributed by atoms with Crippen molar-refractivity contribution in [3.8, 4) is 0 Å². The number of fused-ring (bicyclic) bond motifs is 1. The third kappa shape index (κ3) is 2.88. The first-order chi connectivity index (χ1) is 10.1. The maximum atomic E-state index is 12.0. The number of rotatable bonds is 2. The van der Waals surface area contributed by atoms with Crippen molar-refractivity contribution in [3.63, 3.8) is 0 Å². The van der Waals surface area contributed by atoms with Gasteiger partial charge in [-0.25, -0.2) is 4.98 Å². The molecule has 0 spiro atoms. The van der Waals surface area contributed by atoms with Crippen LogP contribution in [0.25, 0.3) is 22.0 Å². The molecule has 0 aliphatic heterocycles. The van der Waals surface area contributed by atoms with Crippen molar-refractivity contribution in [1.29, 1.82) is 0 Å². The first-order valence-electron chi connectivity index (χ1n) is 6.57. The molecule has 3 nitrogen and oxygen atoms in total. The lowest BCUT2D eigenvalue weighted by atomic mass is 10.1. The van der Waals surface area contributed by atoms with E-state index in [-0.39, 0.29) is 5.56 Å². The van der Waals surface area contributed by atoms with Crippen LogP contribution >= 0.6 is 11.6 Å². The van der Waals surface area contributed by atoms with Crippen molar-refractivity contribution in [2.75, 3.05) is 0 Å². The van der Waals surface area contributed by atoms with Crippen molar-refractivity contribution in [3.05, 3.63) is 75.8 Å². The fourth-order valence-corrected chi connectivity index (χ4v) is 2.39. The lowest BCUT2D eigenvalue weighted by Gasteiger charge is -2.02. The zero-order valence-corrected chi connectivity index (χ0v) is 12.2. The second kappa shape index (κ2) is 5.54. The molecule has 2 aromatic carbocycles. The Bertz CT molecular complexity index is 896. The molecular weight excluding hydrogens is 284 g/mol. The van der Waals surface area contributed by atoms with Crippen LogP contribution in [0.2, 0.25) is 0 Å². The molecule has 21 heavy (non-hydrogen) atoms. The molecule has 1 N–H and O–H groups in total. The van der Waals surface area contributed by atoms with Gasteiger partial charge < -0.3 is 4.98 Å². The van der Waals surface area contributed by atoms with E-state index in [1.54, 1.807) is 18.2 Å². The summed E-state index contributed by atoms with van der Waals surface area (Å²) in [6.45, 7) is 2.02. The predicted molar refractivity (Wildman–Crippen MR) is 87.3 cm³/mol. The van der Waals surface area contributed by atoms with Gasteiger partial charge in [0.1, 0.15) is 0 Å². The average Bonchev–Trinajstić information content (AvgIpc) is 2.47. The van der Waals surface area contributed by atoms with E-state index >= 15 is 0 Å². The third-order valence-corrected chi connectivity index (χ3v) is 3.46. The number of hydrogen-bond donors (Lipinski definition) is 1. The Kier molecular flexibility index (Phi) is 3.59. The molecule has 3 aromatic rings. The predicted octanol–water partition coefficient (Wildman–Crippen LogP) is 3.97. The Morgan fingerprint density at radius 2 is 2.00 bits per heavy atom. The Balaban J connectivity index is 2.09. The second-order valence-electron chi connectivity index (χ2n) is 4.84. The van der Waals surface area contributed by atoms with Gasteiger partial charge in [-0.2, -0.15) is 0 Å². The van der Waals surface area contributed by atoms with Gasteiger partial charge in [0.2, 0.25) is 0 Å². The van der Waals surface area contributed by atoms with Gasteiger partial charge in [-0.3, -0.25) is 4.79 Å². The number of para-hydroxylation sites is 1. The Labute approximate surface area is 126 Å². The number of hydrogen-bond acceptors (Lipinski definition) is 2. The van der Waals surface area contributed by atoms with Gasteiger partial charge in [0, 0.05) is 0 Å². The summed E-state index contributed by atoms with van der Waals surface area (Å²) in [4.78, 5) is 19.1. The summed E-state index contributed by atoms with van der Waals surface area (Å²) in [5.74, 6) is 0.377. The van der Waals surface area contributed by atoms with E-state index in [1.165, 1.54) is 0 Å².